The van der Waals surface area contributed by atoms with Crippen LogP contribution in [0.25, 0.3) is 0 Å². The molecule has 100 valence electrons. The lowest BCUT2D eigenvalue weighted by molar-refractivity contribution is 0.276. The molecule has 0 bridgehead atoms. The zero-order chi connectivity index (χ0) is 13.8. The zero-order valence-corrected chi connectivity index (χ0v) is 12.2. The van der Waals surface area contributed by atoms with Crippen LogP contribution in [-0.4, -0.2) is 11.7 Å². The Morgan fingerprint density at radius 3 is 2.21 bits per heavy atom. The SMILES string of the molecule is OCC(Nc1cccc(Cl)c1)c1cc(Cl)cc(Cl)c1. The van der Waals surface area contributed by atoms with Crippen molar-refractivity contribution in [2.45, 2.75) is 6.04 Å². The fourth-order valence-electron chi connectivity index (χ4n) is 1.79. The zero-order valence-electron chi connectivity index (χ0n) is 9.91. The average Bonchev–Trinajstić information content (AvgIpc) is 2.34. The van der Waals surface area contributed by atoms with Gasteiger partial charge in [0.1, 0.15) is 0 Å². The summed E-state index contributed by atoms with van der Waals surface area (Å²) < 4.78 is 0. The monoisotopic (exact) mass is 315 g/mol. The van der Waals surface area contributed by atoms with Crippen molar-refractivity contribution in [1.82, 2.24) is 0 Å². The summed E-state index contributed by atoms with van der Waals surface area (Å²) in [4.78, 5) is 0. The van der Waals surface area contributed by atoms with Gasteiger partial charge >= 0.3 is 0 Å². The molecule has 0 aliphatic heterocycles. The molecule has 2 aromatic rings. The van der Waals surface area contributed by atoms with Crippen molar-refractivity contribution in [1.29, 1.82) is 0 Å². The van der Waals surface area contributed by atoms with Crippen LogP contribution in [0.3, 0.4) is 0 Å². The third-order valence-electron chi connectivity index (χ3n) is 2.64. The van der Waals surface area contributed by atoms with Crippen LogP contribution in [0.1, 0.15) is 11.6 Å². The van der Waals surface area contributed by atoms with Gasteiger partial charge in [-0.3, -0.25) is 0 Å². The molecule has 1 atom stereocenters. The standard InChI is InChI=1S/C14H12Cl3NO/c15-10-2-1-3-13(7-10)18-14(8-19)9-4-11(16)6-12(17)5-9/h1-7,14,18-19H,8H2. The Morgan fingerprint density at radius 1 is 0.947 bits per heavy atom. The van der Waals surface area contributed by atoms with Crippen molar-refractivity contribution in [3.63, 3.8) is 0 Å². The van der Waals surface area contributed by atoms with E-state index in [0.717, 1.165) is 11.3 Å². The third kappa shape index (κ3) is 4.02. The molecule has 0 fully saturated rings. The molecule has 0 aliphatic carbocycles. The molecule has 2 aromatic carbocycles. The summed E-state index contributed by atoms with van der Waals surface area (Å²) in [6.45, 7) is -0.0802. The molecule has 2 nitrogen and oxygen atoms in total. The minimum absolute atomic E-state index is 0.0802. The fourth-order valence-corrected chi connectivity index (χ4v) is 2.52. The molecule has 0 saturated heterocycles. The maximum atomic E-state index is 9.51. The first-order valence-electron chi connectivity index (χ1n) is 5.67. The molecule has 0 aliphatic rings. The Morgan fingerprint density at radius 2 is 1.63 bits per heavy atom. The van der Waals surface area contributed by atoms with E-state index < -0.39 is 0 Å². The number of hydrogen-bond donors (Lipinski definition) is 2. The van der Waals surface area contributed by atoms with E-state index in [2.05, 4.69) is 5.32 Å². The van der Waals surface area contributed by atoms with Crippen LogP contribution in [0.15, 0.2) is 42.5 Å². The second kappa shape index (κ2) is 6.49. The van der Waals surface area contributed by atoms with Gasteiger partial charge in [-0.1, -0.05) is 40.9 Å². The molecule has 2 N–H and O–H groups in total. The van der Waals surface area contributed by atoms with Gasteiger partial charge in [-0.15, -0.1) is 0 Å². The number of hydrogen-bond acceptors (Lipinski definition) is 2. The van der Waals surface area contributed by atoms with Crippen LogP contribution < -0.4 is 5.32 Å². The Kier molecular flexibility index (Phi) is 4.94. The van der Waals surface area contributed by atoms with E-state index in [1.54, 1.807) is 30.3 Å². The maximum Gasteiger partial charge on any atom is 0.0746 e. The maximum absolute atomic E-state index is 9.51. The van der Waals surface area contributed by atoms with Gasteiger partial charge in [-0.2, -0.15) is 0 Å². The van der Waals surface area contributed by atoms with Crippen LogP contribution >= 0.6 is 34.8 Å². The minimum Gasteiger partial charge on any atom is -0.394 e. The van der Waals surface area contributed by atoms with Gasteiger partial charge < -0.3 is 10.4 Å². The molecule has 1 unspecified atom stereocenters. The third-order valence-corrected chi connectivity index (χ3v) is 3.31. The van der Waals surface area contributed by atoms with Gasteiger partial charge in [0.05, 0.1) is 12.6 Å². The average molecular weight is 317 g/mol. The Bertz CT molecular complexity index is 554. The molecule has 0 amide bonds. The van der Waals surface area contributed by atoms with E-state index in [-0.39, 0.29) is 12.6 Å². The van der Waals surface area contributed by atoms with Crippen molar-refractivity contribution in [2.24, 2.45) is 0 Å². The highest BCUT2D eigenvalue weighted by molar-refractivity contribution is 6.34. The van der Waals surface area contributed by atoms with Crippen molar-refractivity contribution < 1.29 is 5.11 Å². The van der Waals surface area contributed by atoms with E-state index >= 15 is 0 Å². The predicted octanol–water partition coefficient (Wildman–Crippen LogP) is 4.79. The highest BCUT2D eigenvalue weighted by Crippen LogP contribution is 2.26. The van der Waals surface area contributed by atoms with Crippen molar-refractivity contribution >= 4 is 40.5 Å². The van der Waals surface area contributed by atoms with E-state index in [1.807, 2.05) is 12.1 Å². The lowest BCUT2D eigenvalue weighted by atomic mass is 10.1. The fraction of sp³-hybridized carbons (Fsp3) is 0.143. The van der Waals surface area contributed by atoms with Gasteiger partial charge in [0.2, 0.25) is 0 Å². The Labute approximate surface area is 126 Å². The van der Waals surface area contributed by atoms with Gasteiger partial charge in [-0.25, -0.2) is 0 Å². The first-order chi connectivity index (χ1) is 9.08. The summed E-state index contributed by atoms with van der Waals surface area (Å²) in [7, 11) is 0. The lowest BCUT2D eigenvalue weighted by Gasteiger charge is -2.18. The van der Waals surface area contributed by atoms with E-state index in [4.69, 9.17) is 34.8 Å². The molecule has 2 rings (SSSR count). The van der Waals surface area contributed by atoms with E-state index in [9.17, 15) is 5.11 Å². The van der Waals surface area contributed by atoms with Gasteiger partial charge in [-0.05, 0) is 42.0 Å². The van der Waals surface area contributed by atoms with E-state index in [0.29, 0.717) is 15.1 Å². The number of aliphatic hydroxyl groups is 1. The summed E-state index contributed by atoms with van der Waals surface area (Å²) in [5.41, 5.74) is 1.64. The summed E-state index contributed by atoms with van der Waals surface area (Å²) in [6.07, 6.45) is 0. The molecule has 0 radical (unpaired) electrons. The van der Waals surface area contributed by atoms with E-state index in [1.165, 1.54) is 0 Å². The summed E-state index contributed by atoms with van der Waals surface area (Å²) in [5, 5.41) is 14.4. The van der Waals surface area contributed by atoms with Crippen LogP contribution in [-0.2, 0) is 0 Å². The highest BCUT2D eigenvalue weighted by Gasteiger charge is 2.12. The van der Waals surface area contributed by atoms with Crippen molar-refractivity contribution in [3.8, 4) is 0 Å². The van der Waals surface area contributed by atoms with Crippen LogP contribution in [0, 0.1) is 0 Å². The molecule has 0 aromatic heterocycles. The number of benzene rings is 2. The Hall–Kier alpha value is -0.930. The lowest BCUT2D eigenvalue weighted by Crippen LogP contribution is -2.14. The number of anilines is 1. The number of rotatable bonds is 4. The van der Waals surface area contributed by atoms with Crippen molar-refractivity contribution in [2.75, 3.05) is 11.9 Å². The number of aliphatic hydroxyl groups excluding tert-OH is 1. The number of nitrogens with one attached hydrogen (secondary N) is 1. The second-order valence-corrected chi connectivity index (χ2v) is 5.40. The normalized spacial score (nSPS) is 12.2. The summed E-state index contributed by atoms with van der Waals surface area (Å²) in [6, 6.07) is 12.2. The molecule has 0 heterocycles. The van der Waals surface area contributed by atoms with Gasteiger partial charge in [0.15, 0.2) is 0 Å². The first kappa shape index (κ1) is 14.5. The van der Waals surface area contributed by atoms with Gasteiger partial charge in [0, 0.05) is 20.8 Å². The smallest absolute Gasteiger partial charge is 0.0746 e. The topological polar surface area (TPSA) is 32.3 Å². The summed E-state index contributed by atoms with van der Waals surface area (Å²) >= 11 is 17.9. The molecular formula is C14H12Cl3NO. The number of halogens is 3. The summed E-state index contributed by atoms with van der Waals surface area (Å²) in [5.74, 6) is 0. The predicted molar refractivity (Wildman–Crippen MR) is 81.4 cm³/mol. The van der Waals surface area contributed by atoms with Crippen LogP contribution in [0.4, 0.5) is 5.69 Å². The minimum atomic E-state index is -0.297. The molecule has 0 saturated carbocycles. The van der Waals surface area contributed by atoms with Crippen LogP contribution in [0.2, 0.25) is 15.1 Å². The van der Waals surface area contributed by atoms with Crippen LogP contribution in [0.5, 0.6) is 0 Å². The molecule has 5 heteroatoms. The molecule has 0 spiro atoms. The second-order valence-electron chi connectivity index (χ2n) is 4.09. The van der Waals surface area contributed by atoms with Gasteiger partial charge in [0.25, 0.3) is 0 Å². The van der Waals surface area contributed by atoms with Crippen molar-refractivity contribution in [3.05, 3.63) is 63.1 Å². The largest absolute Gasteiger partial charge is 0.394 e. The first-order valence-corrected chi connectivity index (χ1v) is 6.81. The molecule has 19 heavy (non-hydrogen) atoms. The molecular weight excluding hydrogens is 305 g/mol. The highest BCUT2D eigenvalue weighted by atomic mass is 35.5. The quantitative estimate of drug-likeness (QED) is 0.850. The Balaban J connectivity index is 2.24.